The third kappa shape index (κ3) is 4.72. The summed E-state index contributed by atoms with van der Waals surface area (Å²) in [6.45, 7) is 5.00. The topological polar surface area (TPSA) is 52.7 Å². The molecule has 0 bridgehead atoms. The van der Waals surface area contributed by atoms with E-state index in [-0.39, 0.29) is 17.7 Å². The van der Waals surface area contributed by atoms with Crippen LogP contribution in [0.1, 0.15) is 5.56 Å². The van der Waals surface area contributed by atoms with Gasteiger partial charge in [-0.1, -0.05) is 17.7 Å². The molecule has 1 aliphatic rings. The second kappa shape index (κ2) is 7.43. The van der Waals surface area contributed by atoms with Gasteiger partial charge < -0.3 is 10.2 Å². The van der Waals surface area contributed by atoms with Crippen molar-refractivity contribution in [1.29, 1.82) is 0 Å². The lowest BCUT2D eigenvalue weighted by Crippen LogP contribution is -2.50. The second-order valence-electron chi connectivity index (χ2n) is 5.20. The summed E-state index contributed by atoms with van der Waals surface area (Å²) in [4.78, 5) is 27.2. The van der Waals surface area contributed by atoms with E-state index in [1.807, 2.05) is 36.1 Å². The van der Waals surface area contributed by atoms with Crippen molar-refractivity contribution in [3.05, 3.63) is 29.8 Å². The first-order chi connectivity index (χ1) is 10.1. The molecule has 1 saturated heterocycles. The van der Waals surface area contributed by atoms with E-state index in [0.29, 0.717) is 32.7 Å². The van der Waals surface area contributed by atoms with Crippen LogP contribution in [0.25, 0.3) is 0 Å². The maximum absolute atomic E-state index is 12.0. The van der Waals surface area contributed by atoms with Crippen LogP contribution in [-0.2, 0) is 9.59 Å². The molecule has 0 unspecified atom stereocenters. The third-order valence-corrected chi connectivity index (χ3v) is 3.77. The van der Waals surface area contributed by atoms with Crippen LogP contribution in [0, 0.1) is 6.92 Å². The van der Waals surface area contributed by atoms with E-state index >= 15 is 0 Å². The Hall–Kier alpha value is -1.59. The summed E-state index contributed by atoms with van der Waals surface area (Å²) in [6.07, 6.45) is 0. The largest absolute Gasteiger partial charge is 0.339 e. The molecule has 1 aliphatic heterocycles. The van der Waals surface area contributed by atoms with Crippen LogP contribution in [0.3, 0.4) is 0 Å². The van der Waals surface area contributed by atoms with Gasteiger partial charge in [0.05, 0.1) is 6.54 Å². The highest BCUT2D eigenvalue weighted by Gasteiger charge is 2.21. The molecule has 0 spiro atoms. The van der Waals surface area contributed by atoms with Crippen LogP contribution in [0.5, 0.6) is 0 Å². The molecule has 6 heteroatoms. The van der Waals surface area contributed by atoms with Gasteiger partial charge in [0.25, 0.3) is 0 Å². The lowest BCUT2D eigenvalue weighted by molar-refractivity contribution is -0.130. The van der Waals surface area contributed by atoms with Crippen molar-refractivity contribution in [2.75, 3.05) is 43.9 Å². The molecule has 0 atom stereocenters. The average molecular weight is 310 g/mol. The average Bonchev–Trinajstić information content (AvgIpc) is 2.49. The maximum atomic E-state index is 12.0. The number of rotatable bonds is 4. The van der Waals surface area contributed by atoms with Crippen molar-refractivity contribution in [3.8, 4) is 0 Å². The Bertz CT molecular complexity index is 496. The fraction of sp³-hybridized carbons (Fsp3) is 0.467. The first-order valence-electron chi connectivity index (χ1n) is 7.01. The Morgan fingerprint density at radius 1 is 1.14 bits per heavy atom. The molecule has 5 nitrogen and oxygen atoms in total. The number of benzene rings is 1. The lowest BCUT2D eigenvalue weighted by atomic mass is 10.2. The van der Waals surface area contributed by atoms with Gasteiger partial charge in [0.2, 0.25) is 11.8 Å². The fourth-order valence-corrected chi connectivity index (χ4v) is 2.45. The Morgan fingerprint density at radius 2 is 1.76 bits per heavy atom. The summed E-state index contributed by atoms with van der Waals surface area (Å²) in [5, 5.41) is 2.88. The molecule has 1 N–H and O–H groups in total. The number of hydrogen-bond acceptors (Lipinski definition) is 3. The first kappa shape index (κ1) is 15.8. The smallest absolute Gasteiger partial charge is 0.238 e. The van der Waals surface area contributed by atoms with Gasteiger partial charge in [0.15, 0.2) is 0 Å². The Balaban J connectivity index is 1.76. The third-order valence-electron chi connectivity index (χ3n) is 3.54. The molecule has 1 heterocycles. The number of amides is 2. The van der Waals surface area contributed by atoms with Gasteiger partial charge in [-0.3, -0.25) is 14.5 Å². The summed E-state index contributed by atoms with van der Waals surface area (Å²) in [5.41, 5.74) is 1.97. The minimum absolute atomic E-state index is 0.0217. The minimum Gasteiger partial charge on any atom is -0.339 e. The van der Waals surface area contributed by atoms with Gasteiger partial charge in [-0.05, 0) is 19.1 Å². The van der Waals surface area contributed by atoms with Crippen LogP contribution < -0.4 is 5.32 Å². The van der Waals surface area contributed by atoms with Crippen LogP contribution in [0.15, 0.2) is 24.3 Å². The molecule has 1 aromatic carbocycles. The van der Waals surface area contributed by atoms with Gasteiger partial charge in [0, 0.05) is 31.9 Å². The zero-order valence-corrected chi connectivity index (χ0v) is 12.9. The van der Waals surface area contributed by atoms with Gasteiger partial charge in [-0.15, -0.1) is 11.6 Å². The van der Waals surface area contributed by atoms with Gasteiger partial charge in [0.1, 0.15) is 5.88 Å². The standard InChI is InChI=1S/C15H20ClN3O2/c1-12-2-4-13(5-3-12)17-14(20)11-18-6-8-19(9-7-18)15(21)10-16/h2-5H,6-11H2,1H3,(H,17,20). The SMILES string of the molecule is Cc1ccc(NC(=O)CN2CCN(C(=O)CCl)CC2)cc1. The molecule has 21 heavy (non-hydrogen) atoms. The monoisotopic (exact) mass is 309 g/mol. The van der Waals surface area contributed by atoms with E-state index in [9.17, 15) is 9.59 Å². The number of anilines is 1. The number of hydrogen-bond donors (Lipinski definition) is 1. The van der Waals surface area contributed by atoms with E-state index < -0.39 is 0 Å². The normalized spacial score (nSPS) is 15.8. The molecule has 0 aromatic heterocycles. The summed E-state index contributed by atoms with van der Waals surface area (Å²) in [7, 11) is 0. The van der Waals surface area contributed by atoms with Crippen molar-refractivity contribution >= 4 is 29.1 Å². The number of piperazine rings is 1. The number of nitrogens with zero attached hydrogens (tertiary/aromatic N) is 2. The number of carbonyl (C=O) groups excluding carboxylic acids is 2. The number of carbonyl (C=O) groups is 2. The van der Waals surface area contributed by atoms with Gasteiger partial charge in [-0.25, -0.2) is 0 Å². The highest BCUT2D eigenvalue weighted by molar-refractivity contribution is 6.27. The van der Waals surface area contributed by atoms with Crippen LogP contribution >= 0.6 is 11.6 Å². The van der Waals surface area contributed by atoms with Gasteiger partial charge >= 0.3 is 0 Å². The number of alkyl halides is 1. The van der Waals surface area contributed by atoms with Crippen LogP contribution in [-0.4, -0.2) is 60.2 Å². The molecule has 0 aliphatic carbocycles. The zero-order chi connectivity index (χ0) is 15.2. The van der Waals surface area contributed by atoms with E-state index in [2.05, 4.69) is 5.32 Å². The number of nitrogens with one attached hydrogen (secondary N) is 1. The second-order valence-corrected chi connectivity index (χ2v) is 5.47. The molecule has 2 rings (SSSR count). The number of halogens is 1. The highest BCUT2D eigenvalue weighted by Crippen LogP contribution is 2.09. The van der Waals surface area contributed by atoms with E-state index in [1.165, 1.54) is 0 Å². The molecule has 0 saturated carbocycles. The summed E-state index contributed by atoms with van der Waals surface area (Å²) in [6, 6.07) is 7.72. The molecule has 2 amide bonds. The fourth-order valence-electron chi connectivity index (χ4n) is 2.28. The molecule has 1 fully saturated rings. The lowest BCUT2D eigenvalue weighted by Gasteiger charge is -2.33. The molecular formula is C15H20ClN3O2. The van der Waals surface area contributed by atoms with Crippen molar-refractivity contribution in [1.82, 2.24) is 9.80 Å². The van der Waals surface area contributed by atoms with E-state index in [1.54, 1.807) is 4.90 Å². The van der Waals surface area contributed by atoms with Crippen LogP contribution in [0.4, 0.5) is 5.69 Å². The summed E-state index contributed by atoms with van der Waals surface area (Å²) < 4.78 is 0. The van der Waals surface area contributed by atoms with E-state index in [0.717, 1.165) is 11.3 Å². The predicted octanol–water partition coefficient (Wildman–Crippen LogP) is 1.32. The van der Waals surface area contributed by atoms with Crippen molar-refractivity contribution in [2.24, 2.45) is 0 Å². The predicted molar refractivity (Wildman–Crippen MR) is 83.5 cm³/mol. The Labute approximate surface area is 129 Å². The Morgan fingerprint density at radius 3 is 2.33 bits per heavy atom. The quantitative estimate of drug-likeness (QED) is 0.853. The first-order valence-corrected chi connectivity index (χ1v) is 7.54. The highest BCUT2D eigenvalue weighted by atomic mass is 35.5. The Kier molecular flexibility index (Phi) is 5.59. The van der Waals surface area contributed by atoms with Crippen molar-refractivity contribution in [2.45, 2.75) is 6.92 Å². The minimum atomic E-state index is -0.0413. The van der Waals surface area contributed by atoms with Gasteiger partial charge in [-0.2, -0.15) is 0 Å². The van der Waals surface area contributed by atoms with Crippen LogP contribution in [0.2, 0.25) is 0 Å². The van der Waals surface area contributed by atoms with Crippen molar-refractivity contribution in [3.63, 3.8) is 0 Å². The number of aryl methyl sites for hydroxylation is 1. The van der Waals surface area contributed by atoms with Crippen molar-refractivity contribution < 1.29 is 9.59 Å². The zero-order valence-electron chi connectivity index (χ0n) is 12.1. The summed E-state index contributed by atoms with van der Waals surface area (Å²) >= 11 is 5.54. The summed E-state index contributed by atoms with van der Waals surface area (Å²) in [5.74, 6) is -0.0510. The molecule has 1 aromatic rings. The molecule has 0 radical (unpaired) electrons. The molecular weight excluding hydrogens is 290 g/mol. The molecule has 114 valence electrons. The maximum Gasteiger partial charge on any atom is 0.238 e. The van der Waals surface area contributed by atoms with E-state index in [4.69, 9.17) is 11.6 Å².